The third-order valence-electron chi connectivity index (χ3n) is 3.57. The molecule has 19 heavy (non-hydrogen) atoms. The topological polar surface area (TPSA) is 52.3 Å². The van der Waals surface area contributed by atoms with Crippen molar-refractivity contribution >= 4 is 5.97 Å². The molecule has 1 aliphatic carbocycles. The third-order valence-corrected chi connectivity index (χ3v) is 3.57. The molecule has 1 fully saturated rings. The molecule has 1 rings (SSSR count). The highest BCUT2D eigenvalue weighted by molar-refractivity contribution is 5.89. The van der Waals surface area contributed by atoms with Gasteiger partial charge in [-0.05, 0) is 18.8 Å². The van der Waals surface area contributed by atoms with Crippen LogP contribution in [0.15, 0.2) is 12.2 Å². The van der Waals surface area contributed by atoms with Gasteiger partial charge in [-0.3, -0.25) is 0 Å². The summed E-state index contributed by atoms with van der Waals surface area (Å²) in [6.07, 6.45) is -4.11. The maximum atomic E-state index is 12.4. The van der Waals surface area contributed by atoms with Crippen molar-refractivity contribution in [1.29, 1.82) is 0 Å². The van der Waals surface area contributed by atoms with Crippen LogP contribution >= 0.6 is 0 Å². The molecule has 0 aromatic rings. The first-order valence-corrected chi connectivity index (χ1v) is 6.18. The molecule has 3 unspecified atom stereocenters. The Morgan fingerprint density at radius 2 is 1.95 bits per heavy atom. The zero-order valence-corrected chi connectivity index (χ0v) is 11.4. The van der Waals surface area contributed by atoms with Crippen molar-refractivity contribution in [2.75, 3.05) is 0 Å². The van der Waals surface area contributed by atoms with E-state index in [1.54, 1.807) is 0 Å². The van der Waals surface area contributed by atoms with Gasteiger partial charge in [0.05, 0.1) is 0 Å². The first-order valence-electron chi connectivity index (χ1n) is 6.18. The lowest BCUT2D eigenvalue weighted by atomic mass is 9.68. The lowest BCUT2D eigenvalue weighted by molar-refractivity contribution is -0.168. The number of alkyl halides is 3. The SMILES string of the molecule is C=C(C(=O)OC1C(C)CC(N)CC1(C)C)C(F)(F)F. The molecule has 0 amide bonds. The number of ether oxygens (including phenoxy) is 1. The van der Waals surface area contributed by atoms with Crippen molar-refractivity contribution in [3.63, 3.8) is 0 Å². The van der Waals surface area contributed by atoms with Crippen LogP contribution in [-0.2, 0) is 9.53 Å². The second kappa shape index (κ2) is 5.15. The summed E-state index contributed by atoms with van der Waals surface area (Å²) in [5, 5.41) is 0. The number of carbonyl (C=O) groups excluding carboxylic acids is 1. The van der Waals surface area contributed by atoms with Crippen LogP contribution < -0.4 is 5.73 Å². The highest BCUT2D eigenvalue weighted by Gasteiger charge is 2.45. The molecule has 3 atom stereocenters. The van der Waals surface area contributed by atoms with E-state index in [1.807, 2.05) is 20.8 Å². The Kier molecular flexibility index (Phi) is 4.34. The monoisotopic (exact) mass is 279 g/mol. The molecule has 0 aliphatic heterocycles. The Balaban J connectivity index is 2.80. The van der Waals surface area contributed by atoms with Crippen LogP contribution in [0, 0.1) is 11.3 Å². The summed E-state index contributed by atoms with van der Waals surface area (Å²) in [6.45, 7) is 8.27. The Labute approximate surface area is 111 Å². The fourth-order valence-corrected chi connectivity index (χ4v) is 2.82. The first kappa shape index (κ1) is 16.0. The van der Waals surface area contributed by atoms with Gasteiger partial charge in [0.15, 0.2) is 0 Å². The lowest BCUT2D eigenvalue weighted by Gasteiger charge is -2.44. The van der Waals surface area contributed by atoms with Crippen LogP contribution in [0.25, 0.3) is 0 Å². The van der Waals surface area contributed by atoms with E-state index < -0.39 is 29.2 Å². The molecule has 1 saturated carbocycles. The van der Waals surface area contributed by atoms with E-state index in [1.165, 1.54) is 0 Å². The van der Waals surface area contributed by atoms with Crippen LogP contribution in [0.4, 0.5) is 13.2 Å². The molecule has 2 N–H and O–H groups in total. The fourth-order valence-electron chi connectivity index (χ4n) is 2.82. The summed E-state index contributed by atoms with van der Waals surface area (Å²) in [5.74, 6) is -1.48. The second-order valence-corrected chi connectivity index (χ2v) is 5.97. The number of rotatable bonds is 2. The van der Waals surface area contributed by atoms with E-state index in [2.05, 4.69) is 6.58 Å². The van der Waals surface area contributed by atoms with Crippen molar-refractivity contribution in [3.05, 3.63) is 12.2 Å². The molecule has 0 aromatic heterocycles. The fraction of sp³-hybridized carbons (Fsp3) is 0.769. The minimum atomic E-state index is -4.75. The van der Waals surface area contributed by atoms with Crippen molar-refractivity contribution in [2.24, 2.45) is 17.1 Å². The van der Waals surface area contributed by atoms with Gasteiger partial charge in [-0.2, -0.15) is 13.2 Å². The first-order chi connectivity index (χ1) is 8.45. The van der Waals surface area contributed by atoms with Crippen molar-refractivity contribution in [1.82, 2.24) is 0 Å². The van der Waals surface area contributed by atoms with Crippen molar-refractivity contribution in [2.45, 2.75) is 51.9 Å². The van der Waals surface area contributed by atoms with Crippen molar-refractivity contribution in [3.8, 4) is 0 Å². The molecular formula is C13H20F3NO2. The molecule has 0 spiro atoms. The summed E-state index contributed by atoms with van der Waals surface area (Å²) in [6, 6.07) is -0.0224. The van der Waals surface area contributed by atoms with Gasteiger partial charge in [0.2, 0.25) is 0 Å². The Morgan fingerprint density at radius 3 is 2.37 bits per heavy atom. The molecule has 3 nitrogen and oxygen atoms in total. The predicted octanol–water partition coefficient (Wildman–Crippen LogP) is 2.80. The van der Waals surface area contributed by atoms with E-state index >= 15 is 0 Å². The van der Waals surface area contributed by atoms with Gasteiger partial charge < -0.3 is 10.5 Å². The van der Waals surface area contributed by atoms with Gasteiger partial charge >= 0.3 is 12.1 Å². The molecule has 110 valence electrons. The largest absolute Gasteiger partial charge is 0.458 e. The smallest absolute Gasteiger partial charge is 0.422 e. The van der Waals surface area contributed by atoms with Crippen molar-refractivity contribution < 1.29 is 22.7 Å². The van der Waals surface area contributed by atoms with Gasteiger partial charge in [-0.25, -0.2) is 4.79 Å². The second-order valence-electron chi connectivity index (χ2n) is 5.97. The van der Waals surface area contributed by atoms with Crippen LogP contribution in [0.1, 0.15) is 33.6 Å². The Morgan fingerprint density at radius 1 is 1.42 bits per heavy atom. The van der Waals surface area contributed by atoms with E-state index in [9.17, 15) is 18.0 Å². The normalized spacial score (nSPS) is 30.8. The summed E-state index contributed by atoms with van der Waals surface area (Å²) in [4.78, 5) is 11.5. The predicted molar refractivity (Wildman–Crippen MR) is 65.2 cm³/mol. The molecule has 6 heteroatoms. The Bertz CT molecular complexity index is 377. The van der Waals surface area contributed by atoms with E-state index in [0.29, 0.717) is 12.8 Å². The molecule has 1 aliphatic rings. The highest BCUT2D eigenvalue weighted by atomic mass is 19.4. The van der Waals surface area contributed by atoms with Gasteiger partial charge in [-0.1, -0.05) is 27.4 Å². The van der Waals surface area contributed by atoms with Gasteiger partial charge in [0.1, 0.15) is 11.7 Å². The summed E-state index contributed by atoms with van der Waals surface area (Å²) in [5.41, 5.74) is 3.97. The average molecular weight is 279 g/mol. The van der Waals surface area contributed by atoms with Gasteiger partial charge in [0, 0.05) is 11.5 Å². The molecule has 0 radical (unpaired) electrons. The molecule has 0 bridgehead atoms. The van der Waals surface area contributed by atoms with Crippen LogP contribution in [0.2, 0.25) is 0 Å². The minimum absolute atomic E-state index is 0.0224. The zero-order valence-electron chi connectivity index (χ0n) is 11.4. The minimum Gasteiger partial charge on any atom is -0.458 e. The molecule has 0 aromatic carbocycles. The highest BCUT2D eigenvalue weighted by Crippen LogP contribution is 2.41. The number of hydrogen-bond donors (Lipinski definition) is 1. The average Bonchev–Trinajstić information content (AvgIpc) is 2.19. The number of halogens is 3. The lowest BCUT2D eigenvalue weighted by Crippen LogP contribution is -2.49. The van der Waals surface area contributed by atoms with Gasteiger partial charge in [0.25, 0.3) is 0 Å². The van der Waals surface area contributed by atoms with E-state index in [4.69, 9.17) is 10.5 Å². The standard InChI is InChI=1S/C13H20F3NO2/c1-7-5-9(17)6-12(3,4)10(7)19-11(18)8(2)13(14,15)16/h7,9-10H,2,5-6,17H2,1,3-4H3. The quantitative estimate of drug-likeness (QED) is 0.624. The van der Waals surface area contributed by atoms with E-state index in [-0.39, 0.29) is 12.0 Å². The summed E-state index contributed by atoms with van der Waals surface area (Å²) in [7, 11) is 0. The maximum absolute atomic E-state index is 12.4. The Hall–Kier alpha value is -1.04. The molecule has 0 saturated heterocycles. The van der Waals surface area contributed by atoms with Crippen LogP contribution in [0.5, 0.6) is 0 Å². The number of hydrogen-bond acceptors (Lipinski definition) is 3. The zero-order chi connectivity index (χ0) is 15.0. The number of nitrogens with two attached hydrogens (primary N) is 1. The van der Waals surface area contributed by atoms with E-state index in [0.717, 1.165) is 0 Å². The summed E-state index contributed by atoms with van der Waals surface area (Å²) >= 11 is 0. The van der Waals surface area contributed by atoms with Crippen LogP contribution in [-0.4, -0.2) is 24.3 Å². The summed E-state index contributed by atoms with van der Waals surface area (Å²) < 4.78 is 42.2. The molecule has 0 heterocycles. The van der Waals surface area contributed by atoms with Crippen LogP contribution in [0.3, 0.4) is 0 Å². The van der Waals surface area contributed by atoms with Gasteiger partial charge in [-0.15, -0.1) is 0 Å². The number of carbonyl (C=O) groups is 1. The maximum Gasteiger partial charge on any atom is 0.422 e. The number of esters is 1. The molecular weight excluding hydrogens is 259 g/mol. The third kappa shape index (κ3) is 3.72.